The minimum Gasteiger partial charge on any atom is -0.468 e. The Kier molecular flexibility index (Phi) is 10.2. The average Bonchev–Trinajstić information content (AvgIpc) is 3.33. The Bertz CT molecular complexity index is 988. The molecule has 3 aromatic rings. The molecule has 0 amide bonds. The standard InChI is InChI=1S/C22H27Cl2N5O.HI/c1-25-22(27-13-18-11-20(23)21(24)29(18)3)26-12-16-7-4-5-8-17(16)14-28(2)15-19-9-6-10-30-19;/h4-11H,12-15H2,1-3H3,(H2,25,26,27);1H. The molecule has 0 atom stereocenters. The molecule has 2 heterocycles. The first-order valence-electron chi connectivity index (χ1n) is 9.69. The molecule has 0 saturated carbocycles. The summed E-state index contributed by atoms with van der Waals surface area (Å²) in [6, 6.07) is 14.2. The maximum atomic E-state index is 6.14. The third-order valence-electron chi connectivity index (χ3n) is 4.89. The first kappa shape index (κ1) is 25.6. The van der Waals surface area contributed by atoms with Gasteiger partial charge in [-0.15, -0.1) is 24.0 Å². The van der Waals surface area contributed by atoms with Crippen molar-refractivity contribution in [1.82, 2.24) is 20.1 Å². The van der Waals surface area contributed by atoms with Gasteiger partial charge in [0.1, 0.15) is 10.9 Å². The van der Waals surface area contributed by atoms with Gasteiger partial charge < -0.3 is 19.6 Å². The summed E-state index contributed by atoms with van der Waals surface area (Å²) in [5.41, 5.74) is 3.46. The van der Waals surface area contributed by atoms with Crippen LogP contribution in [0.3, 0.4) is 0 Å². The van der Waals surface area contributed by atoms with Crippen molar-refractivity contribution in [2.75, 3.05) is 14.1 Å². The predicted molar refractivity (Wildman–Crippen MR) is 138 cm³/mol. The van der Waals surface area contributed by atoms with Gasteiger partial charge in [-0.3, -0.25) is 9.89 Å². The van der Waals surface area contributed by atoms with E-state index in [1.807, 2.05) is 29.8 Å². The molecule has 9 heteroatoms. The zero-order chi connectivity index (χ0) is 21.5. The first-order valence-corrected chi connectivity index (χ1v) is 10.4. The number of benzene rings is 1. The Morgan fingerprint density at radius 2 is 1.77 bits per heavy atom. The number of rotatable bonds is 8. The van der Waals surface area contributed by atoms with Crippen LogP contribution in [-0.2, 0) is 33.2 Å². The van der Waals surface area contributed by atoms with Crippen LogP contribution in [0.2, 0.25) is 10.2 Å². The van der Waals surface area contributed by atoms with Crippen molar-refractivity contribution in [2.24, 2.45) is 12.0 Å². The van der Waals surface area contributed by atoms with Gasteiger partial charge in [-0.05, 0) is 36.4 Å². The summed E-state index contributed by atoms with van der Waals surface area (Å²) in [5, 5.41) is 7.77. The number of hydrogen-bond donors (Lipinski definition) is 2. The molecule has 2 aromatic heterocycles. The van der Waals surface area contributed by atoms with E-state index in [2.05, 4.69) is 51.8 Å². The second-order valence-electron chi connectivity index (χ2n) is 7.13. The van der Waals surface area contributed by atoms with Crippen LogP contribution in [0, 0.1) is 0 Å². The molecule has 0 radical (unpaired) electrons. The average molecular weight is 576 g/mol. The summed E-state index contributed by atoms with van der Waals surface area (Å²) < 4.78 is 7.31. The lowest BCUT2D eigenvalue weighted by Crippen LogP contribution is -2.37. The van der Waals surface area contributed by atoms with Crippen molar-refractivity contribution < 1.29 is 4.42 Å². The molecule has 0 spiro atoms. The van der Waals surface area contributed by atoms with Gasteiger partial charge >= 0.3 is 0 Å². The van der Waals surface area contributed by atoms with Gasteiger partial charge in [-0.2, -0.15) is 0 Å². The minimum absolute atomic E-state index is 0. The highest BCUT2D eigenvalue weighted by molar-refractivity contribution is 14.0. The molecule has 2 N–H and O–H groups in total. The van der Waals surface area contributed by atoms with E-state index in [1.165, 1.54) is 11.1 Å². The SMILES string of the molecule is CN=C(NCc1ccccc1CN(C)Cc1ccco1)NCc1cc(Cl)c(Cl)n1C.I. The third-order valence-corrected chi connectivity index (χ3v) is 5.73. The Labute approximate surface area is 210 Å². The summed E-state index contributed by atoms with van der Waals surface area (Å²) in [6.45, 7) is 2.82. The minimum atomic E-state index is 0. The molecule has 6 nitrogen and oxygen atoms in total. The van der Waals surface area contributed by atoms with Gasteiger partial charge in [0.15, 0.2) is 5.96 Å². The summed E-state index contributed by atoms with van der Waals surface area (Å²) in [7, 11) is 5.73. The number of furan rings is 1. The third kappa shape index (κ3) is 7.17. The van der Waals surface area contributed by atoms with Gasteiger partial charge in [0.05, 0.1) is 24.4 Å². The summed E-state index contributed by atoms with van der Waals surface area (Å²) in [6.07, 6.45) is 1.71. The lowest BCUT2D eigenvalue weighted by molar-refractivity contribution is 0.287. The predicted octanol–water partition coefficient (Wildman–Crippen LogP) is 5.04. The lowest BCUT2D eigenvalue weighted by Gasteiger charge is -2.19. The molecule has 31 heavy (non-hydrogen) atoms. The largest absolute Gasteiger partial charge is 0.468 e. The fourth-order valence-electron chi connectivity index (χ4n) is 3.23. The van der Waals surface area contributed by atoms with Gasteiger partial charge in [0.2, 0.25) is 0 Å². The van der Waals surface area contributed by atoms with E-state index in [-0.39, 0.29) is 24.0 Å². The van der Waals surface area contributed by atoms with Crippen molar-refractivity contribution >= 4 is 53.1 Å². The molecule has 0 aliphatic heterocycles. The monoisotopic (exact) mass is 575 g/mol. The lowest BCUT2D eigenvalue weighted by atomic mass is 10.1. The number of aromatic nitrogens is 1. The van der Waals surface area contributed by atoms with E-state index in [0.717, 1.165) is 24.5 Å². The van der Waals surface area contributed by atoms with Gasteiger partial charge in [0.25, 0.3) is 0 Å². The maximum Gasteiger partial charge on any atom is 0.191 e. The van der Waals surface area contributed by atoms with Gasteiger partial charge in [-0.1, -0.05) is 47.5 Å². The zero-order valence-electron chi connectivity index (χ0n) is 17.9. The summed E-state index contributed by atoms with van der Waals surface area (Å²) in [5.74, 6) is 1.67. The Morgan fingerprint density at radius 3 is 2.39 bits per heavy atom. The zero-order valence-corrected chi connectivity index (χ0v) is 21.7. The topological polar surface area (TPSA) is 57.7 Å². The van der Waals surface area contributed by atoms with Crippen LogP contribution in [0.15, 0.2) is 58.1 Å². The Balaban J connectivity index is 0.00000341. The number of nitrogens with one attached hydrogen (secondary N) is 2. The smallest absolute Gasteiger partial charge is 0.191 e. The van der Waals surface area contributed by atoms with Gasteiger partial charge in [-0.25, -0.2) is 0 Å². The molecule has 0 saturated heterocycles. The van der Waals surface area contributed by atoms with E-state index >= 15 is 0 Å². The van der Waals surface area contributed by atoms with E-state index in [0.29, 0.717) is 29.2 Å². The van der Waals surface area contributed by atoms with Crippen molar-refractivity contribution in [3.63, 3.8) is 0 Å². The number of hydrogen-bond acceptors (Lipinski definition) is 3. The fraction of sp³-hybridized carbons (Fsp3) is 0.318. The van der Waals surface area contributed by atoms with Crippen LogP contribution < -0.4 is 10.6 Å². The molecule has 1 aromatic carbocycles. The second kappa shape index (κ2) is 12.4. The molecule has 0 bridgehead atoms. The molecule has 0 aliphatic carbocycles. The second-order valence-corrected chi connectivity index (χ2v) is 7.90. The quantitative estimate of drug-likeness (QED) is 0.224. The molecule has 168 valence electrons. The molecular formula is C22H28Cl2IN5O. The van der Waals surface area contributed by atoms with Crippen molar-refractivity contribution in [3.8, 4) is 0 Å². The highest BCUT2D eigenvalue weighted by atomic mass is 127. The van der Waals surface area contributed by atoms with Gasteiger partial charge in [0, 0.05) is 32.9 Å². The van der Waals surface area contributed by atoms with E-state index in [1.54, 1.807) is 13.3 Å². The molecule has 0 unspecified atom stereocenters. The molecule has 3 rings (SSSR count). The molecule has 0 fully saturated rings. The number of halogens is 3. The Hall–Kier alpha value is -1.68. The summed E-state index contributed by atoms with van der Waals surface area (Å²) in [4.78, 5) is 6.54. The van der Waals surface area contributed by atoms with Crippen molar-refractivity contribution in [3.05, 3.63) is 81.5 Å². The Morgan fingerprint density at radius 1 is 1.06 bits per heavy atom. The van der Waals surface area contributed by atoms with Crippen LogP contribution in [-0.4, -0.2) is 29.5 Å². The van der Waals surface area contributed by atoms with Crippen LogP contribution >= 0.6 is 47.2 Å². The number of aliphatic imine (C=N–C) groups is 1. The van der Waals surface area contributed by atoms with Crippen molar-refractivity contribution in [1.29, 1.82) is 0 Å². The number of nitrogens with zero attached hydrogens (tertiary/aromatic N) is 3. The first-order chi connectivity index (χ1) is 14.5. The molecular weight excluding hydrogens is 548 g/mol. The normalized spacial score (nSPS) is 11.5. The van der Waals surface area contributed by atoms with Crippen LogP contribution in [0.25, 0.3) is 0 Å². The maximum absolute atomic E-state index is 6.14. The number of guanidine groups is 1. The molecule has 0 aliphatic rings. The highest BCUT2D eigenvalue weighted by Gasteiger charge is 2.11. The van der Waals surface area contributed by atoms with Crippen molar-refractivity contribution in [2.45, 2.75) is 26.2 Å². The van der Waals surface area contributed by atoms with E-state index in [4.69, 9.17) is 27.6 Å². The van der Waals surface area contributed by atoms with E-state index < -0.39 is 0 Å². The van der Waals surface area contributed by atoms with Crippen LogP contribution in [0.4, 0.5) is 0 Å². The highest BCUT2D eigenvalue weighted by Crippen LogP contribution is 2.24. The van der Waals surface area contributed by atoms with Crippen LogP contribution in [0.5, 0.6) is 0 Å². The van der Waals surface area contributed by atoms with E-state index in [9.17, 15) is 0 Å². The van der Waals surface area contributed by atoms with Crippen LogP contribution in [0.1, 0.15) is 22.6 Å². The fourth-order valence-corrected chi connectivity index (χ4v) is 3.65. The summed E-state index contributed by atoms with van der Waals surface area (Å²) >= 11 is 12.2.